The van der Waals surface area contributed by atoms with Crippen molar-refractivity contribution in [3.63, 3.8) is 0 Å². The van der Waals surface area contributed by atoms with Gasteiger partial charge in [0.1, 0.15) is 18.1 Å². The normalized spacial score (nSPS) is 22.6. The fourth-order valence-electron chi connectivity index (χ4n) is 4.12. The molecule has 1 aromatic carbocycles. The number of piperazine rings is 1. The molecule has 25 heavy (non-hydrogen) atoms. The van der Waals surface area contributed by atoms with Gasteiger partial charge in [-0.2, -0.15) is 0 Å². The van der Waals surface area contributed by atoms with E-state index >= 15 is 0 Å². The van der Waals surface area contributed by atoms with Crippen LogP contribution in [0.4, 0.5) is 0 Å². The zero-order valence-corrected chi connectivity index (χ0v) is 14.8. The number of hydrogen-bond donors (Lipinski definition) is 0. The van der Waals surface area contributed by atoms with Gasteiger partial charge in [-0.1, -0.05) is 31.2 Å². The highest BCUT2D eigenvalue weighted by atomic mass is 16.3. The molecule has 0 bridgehead atoms. The molecule has 0 saturated carbocycles. The van der Waals surface area contributed by atoms with Crippen LogP contribution in [0.5, 0.6) is 0 Å². The van der Waals surface area contributed by atoms with Crippen LogP contribution >= 0.6 is 0 Å². The van der Waals surface area contributed by atoms with Gasteiger partial charge in [0.25, 0.3) is 5.91 Å². The molecule has 0 spiro atoms. The molecule has 5 heteroatoms. The van der Waals surface area contributed by atoms with Crippen molar-refractivity contribution in [3.8, 4) is 0 Å². The Morgan fingerprint density at radius 2 is 1.88 bits per heavy atom. The molecule has 2 aromatic rings. The number of fused-ring (bicyclic) bond motifs is 3. The Hall–Kier alpha value is -2.56. The predicted octanol–water partition coefficient (Wildman–Crippen LogP) is 3.04. The van der Waals surface area contributed by atoms with E-state index in [9.17, 15) is 9.59 Å². The molecule has 2 aliphatic heterocycles. The molecule has 2 amide bonds. The van der Waals surface area contributed by atoms with Crippen molar-refractivity contribution < 1.29 is 14.0 Å². The minimum atomic E-state index is -0.126. The first kappa shape index (κ1) is 15.9. The van der Waals surface area contributed by atoms with Crippen LogP contribution in [0, 0.1) is 13.8 Å². The highest BCUT2D eigenvalue weighted by Gasteiger charge is 2.40. The smallest absolute Gasteiger partial charge is 0.257 e. The predicted molar refractivity (Wildman–Crippen MR) is 93.4 cm³/mol. The van der Waals surface area contributed by atoms with Crippen molar-refractivity contribution in [3.05, 3.63) is 58.5 Å². The maximum Gasteiger partial charge on any atom is 0.257 e. The Bertz CT molecular complexity index is 854. The first-order valence-electron chi connectivity index (χ1n) is 8.70. The third kappa shape index (κ3) is 2.54. The molecule has 0 N–H and O–H groups in total. The van der Waals surface area contributed by atoms with E-state index in [1.807, 2.05) is 24.0 Å². The van der Waals surface area contributed by atoms with Gasteiger partial charge in [-0.15, -0.1) is 0 Å². The number of amides is 2. The molecular weight excluding hydrogens is 316 g/mol. The van der Waals surface area contributed by atoms with Crippen molar-refractivity contribution in [2.45, 2.75) is 32.7 Å². The Morgan fingerprint density at radius 1 is 1.16 bits per heavy atom. The van der Waals surface area contributed by atoms with Crippen molar-refractivity contribution in [1.82, 2.24) is 9.80 Å². The number of furan rings is 1. The SMILES string of the molecule is Cc1cc(C(=O)N2CC(=O)N3CC(C)c4ccccc4C3C2)c(C)o1. The highest BCUT2D eigenvalue weighted by Crippen LogP contribution is 2.38. The van der Waals surface area contributed by atoms with Crippen molar-refractivity contribution in [1.29, 1.82) is 0 Å². The molecule has 2 aliphatic rings. The summed E-state index contributed by atoms with van der Waals surface area (Å²) >= 11 is 0. The van der Waals surface area contributed by atoms with Gasteiger partial charge in [-0.3, -0.25) is 9.59 Å². The van der Waals surface area contributed by atoms with Crippen LogP contribution in [0.3, 0.4) is 0 Å². The topological polar surface area (TPSA) is 53.8 Å². The van der Waals surface area contributed by atoms with Crippen LogP contribution in [0.1, 0.15) is 51.9 Å². The number of carbonyl (C=O) groups excluding carboxylic acids is 2. The lowest BCUT2D eigenvalue weighted by Crippen LogP contribution is -2.56. The quantitative estimate of drug-likeness (QED) is 0.803. The van der Waals surface area contributed by atoms with Crippen LogP contribution in [0.25, 0.3) is 0 Å². The maximum atomic E-state index is 12.9. The van der Waals surface area contributed by atoms with E-state index in [-0.39, 0.29) is 24.4 Å². The van der Waals surface area contributed by atoms with Gasteiger partial charge in [0, 0.05) is 13.1 Å². The van der Waals surface area contributed by atoms with Gasteiger partial charge in [0.15, 0.2) is 0 Å². The van der Waals surface area contributed by atoms with Crippen molar-refractivity contribution >= 4 is 11.8 Å². The van der Waals surface area contributed by atoms with Crippen LogP contribution in [0.2, 0.25) is 0 Å². The first-order valence-corrected chi connectivity index (χ1v) is 8.70. The lowest BCUT2D eigenvalue weighted by Gasteiger charge is -2.46. The molecule has 1 saturated heterocycles. The average molecular weight is 338 g/mol. The number of benzene rings is 1. The first-order chi connectivity index (χ1) is 12.0. The third-order valence-corrected chi connectivity index (χ3v) is 5.33. The van der Waals surface area contributed by atoms with E-state index in [0.717, 1.165) is 5.56 Å². The summed E-state index contributed by atoms with van der Waals surface area (Å²) in [5.41, 5.74) is 2.99. The van der Waals surface area contributed by atoms with Crippen molar-refractivity contribution in [2.24, 2.45) is 0 Å². The van der Waals surface area contributed by atoms with Gasteiger partial charge in [-0.25, -0.2) is 0 Å². The summed E-state index contributed by atoms with van der Waals surface area (Å²) in [5.74, 6) is 1.53. The Balaban J connectivity index is 1.67. The number of carbonyl (C=O) groups is 2. The van der Waals surface area contributed by atoms with Crippen LogP contribution in [0.15, 0.2) is 34.7 Å². The zero-order valence-electron chi connectivity index (χ0n) is 14.8. The molecule has 0 aliphatic carbocycles. The number of rotatable bonds is 1. The van der Waals surface area contributed by atoms with E-state index in [0.29, 0.717) is 36.1 Å². The van der Waals surface area contributed by atoms with Gasteiger partial charge in [-0.05, 0) is 37.0 Å². The van der Waals surface area contributed by atoms with E-state index in [2.05, 4.69) is 19.1 Å². The summed E-state index contributed by atoms with van der Waals surface area (Å²) in [7, 11) is 0. The van der Waals surface area contributed by atoms with Crippen LogP contribution in [-0.2, 0) is 4.79 Å². The largest absolute Gasteiger partial charge is 0.466 e. The number of nitrogens with zero attached hydrogens (tertiary/aromatic N) is 2. The van der Waals surface area contributed by atoms with E-state index < -0.39 is 0 Å². The van der Waals surface area contributed by atoms with Crippen LogP contribution < -0.4 is 0 Å². The standard InChI is InChI=1S/C20H22N2O3/c1-12-9-22-18(16-7-5-4-6-15(12)16)10-21(11-19(22)23)20(24)17-8-13(2)25-14(17)3/h4-8,12,18H,9-11H2,1-3H3. The molecule has 0 radical (unpaired) electrons. The lowest BCUT2D eigenvalue weighted by molar-refractivity contribution is -0.139. The minimum Gasteiger partial charge on any atom is -0.466 e. The zero-order chi connectivity index (χ0) is 17.7. The number of aryl methyl sites for hydroxylation is 2. The third-order valence-electron chi connectivity index (χ3n) is 5.33. The van der Waals surface area contributed by atoms with Gasteiger partial charge in [0.05, 0.1) is 11.6 Å². The second-order valence-corrected chi connectivity index (χ2v) is 7.10. The summed E-state index contributed by atoms with van der Waals surface area (Å²) < 4.78 is 5.49. The molecule has 4 rings (SSSR count). The molecule has 5 nitrogen and oxygen atoms in total. The second-order valence-electron chi connectivity index (χ2n) is 7.10. The molecule has 1 fully saturated rings. The fraction of sp³-hybridized carbons (Fsp3) is 0.400. The van der Waals surface area contributed by atoms with Crippen LogP contribution in [-0.4, -0.2) is 41.2 Å². The monoisotopic (exact) mass is 338 g/mol. The van der Waals surface area contributed by atoms with Gasteiger partial charge in [0.2, 0.25) is 5.91 Å². The molecule has 130 valence electrons. The highest BCUT2D eigenvalue weighted by molar-refractivity contribution is 5.98. The van der Waals surface area contributed by atoms with E-state index in [4.69, 9.17) is 4.42 Å². The Labute approximate surface area is 147 Å². The lowest BCUT2D eigenvalue weighted by atomic mass is 9.85. The fourth-order valence-corrected chi connectivity index (χ4v) is 4.12. The summed E-state index contributed by atoms with van der Waals surface area (Å²) in [4.78, 5) is 29.2. The molecule has 2 unspecified atom stereocenters. The Kier molecular flexibility index (Phi) is 3.67. The van der Waals surface area contributed by atoms with E-state index in [1.165, 1.54) is 5.56 Å². The number of hydrogen-bond acceptors (Lipinski definition) is 3. The Morgan fingerprint density at radius 3 is 2.56 bits per heavy atom. The van der Waals surface area contributed by atoms with Gasteiger partial charge >= 0.3 is 0 Å². The second kappa shape index (κ2) is 5.76. The minimum absolute atomic E-state index is 0.0174. The van der Waals surface area contributed by atoms with Crippen molar-refractivity contribution in [2.75, 3.05) is 19.6 Å². The van der Waals surface area contributed by atoms with E-state index in [1.54, 1.807) is 17.9 Å². The summed E-state index contributed by atoms with van der Waals surface area (Å²) in [6, 6.07) is 9.94. The summed E-state index contributed by atoms with van der Waals surface area (Å²) in [6.45, 7) is 7.14. The maximum absolute atomic E-state index is 12.9. The molecule has 3 heterocycles. The molecular formula is C20H22N2O3. The summed E-state index contributed by atoms with van der Waals surface area (Å²) in [5, 5.41) is 0. The molecule has 1 aromatic heterocycles. The summed E-state index contributed by atoms with van der Waals surface area (Å²) in [6.07, 6.45) is 0. The average Bonchev–Trinajstić information content (AvgIpc) is 2.93. The van der Waals surface area contributed by atoms with Gasteiger partial charge < -0.3 is 14.2 Å². The molecule has 2 atom stereocenters.